The maximum atomic E-state index is 14.6. The first-order valence-corrected chi connectivity index (χ1v) is 16.9. The summed E-state index contributed by atoms with van der Waals surface area (Å²) in [5, 5.41) is 2.63. The van der Waals surface area contributed by atoms with E-state index >= 15 is 0 Å². The third kappa shape index (κ3) is 6.89. The Labute approximate surface area is 233 Å². The van der Waals surface area contributed by atoms with Crippen molar-refractivity contribution in [2.75, 3.05) is 0 Å². The smallest absolute Gasteiger partial charge is 0.261 e. The molecule has 0 amide bonds. The van der Waals surface area contributed by atoms with E-state index in [1.807, 2.05) is 135 Å². The summed E-state index contributed by atoms with van der Waals surface area (Å²) in [5.41, 5.74) is 0. The fourth-order valence-electron chi connectivity index (χ4n) is 4.95. The van der Waals surface area contributed by atoms with Gasteiger partial charge in [0.2, 0.25) is 0 Å². The summed E-state index contributed by atoms with van der Waals surface area (Å²) in [6.07, 6.45) is 1.91. The number of hydrogen-bond donors (Lipinski definition) is 0. The molecule has 0 aliphatic heterocycles. The molecule has 0 aliphatic carbocycles. The number of benzene rings is 4. The van der Waals surface area contributed by atoms with E-state index in [0.717, 1.165) is 19.3 Å². The van der Waals surface area contributed by atoms with E-state index in [1.165, 1.54) is 0 Å². The number of rotatable bonds is 13. The highest BCUT2D eigenvalue weighted by Crippen LogP contribution is 2.50. The molecular weight excluding hydrogens is 522 g/mol. The lowest BCUT2D eigenvalue weighted by molar-refractivity contribution is 0.0609. The molecule has 4 nitrogen and oxygen atoms in total. The van der Waals surface area contributed by atoms with Crippen molar-refractivity contribution >= 4 is 36.0 Å². The molecule has 2 unspecified atom stereocenters. The van der Waals surface area contributed by atoms with Crippen molar-refractivity contribution < 1.29 is 18.2 Å². The van der Waals surface area contributed by atoms with E-state index in [1.54, 1.807) is 0 Å². The molecule has 0 N–H and O–H groups in total. The van der Waals surface area contributed by atoms with E-state index in [0.29, 0.717) is 21.2 Å². The summed E-state index contributed by atoms with van der Waals surface area (Å²) in [6, 6.07) is 37.6. The SMILES string of the molecule is CCCCC(C(C)OP(=O)(c1ccccc1)c1ccccc1)C(C)OP(=O)(c1ccccc1)c1ccccc1. The molecule has 0 radical (unpaired) electrons. The predicted octanol–water partition coefficient (Wildman–Crippen LogP) is 7.46. The first-order chi connectivity index (χ1) is 18.9. The van der Waals surface area contributed by atoms with Crippen LogP contribution >= 0.6 is 14.7 Å². The summed E-state index contributed by atoms with van der Waals surface area (Å²) in [6.45, 7) is 6.08. The normalized spacial score (nSPS) is 14.4. The molecule has 4 aromatic carbocycles. The maximum Gasteiger partial charge on any atom is 0.261 e. The molecule has 0 bridgehead atoms. The lowest BCUT2D eigenvalue weighted by Crippen LogP contribution is -2.35. The van der Waals surface area contributed by atoms with Crippen LogP contribution in [0.3, 0.4) is 0 Å². The average molecular weight is 561 g/mol. The Morgan fingerprint density at radius 1 is 0.538 bits per heavy atom. The fourth-order valence-corrected chi connectivity index (χ4v) is 9.55. The van der Waals surface area contributed by atoms with Gasteiger partial charge in [-0.1, -0.05) is 92.6 Å². The number of hydrogen-bond acceptors (Lipinski definition) is 4. The Balaban J connectivity index is 1.68. The van der Waals surface area contributed by atoms with Crippen molar-refractivity contribution in [2.24, 2.45) is 5.92 Å². The third-order valence-corrected chi connectivity index (χ3v) is 12.3. The van der Waals surface area contributed by atoms with Crippen molar-refractivity contribution in [1.29, 1.82) is 0 Å². The first-order valence-electron chi connectivity index (χ1n) is 13.7. The lowest BCUT2D eigenvalue weighted by Gasteiger charge is -2.34. The quantitative estimate of drug-likeness (QED) is 0.159. The molecule has 0 heterocycles. The molecule has 0 saturated heterocycles. The van der Waals surface area contributed by atoms with E-state index in [4.69, 9.17) is 9.05 Å². The van der Waals surface area contributed by atoms with Gasteiger partial charge in [-0.05, 0) is 68.8 Å². The topological polar surface area (TPSA) is 52.6 Å². The second-order valence-electron chi connectivity index (χ2n) is 9.87. The third-order valence-electron chi connectivity index (χ3n) is 7.11. The summed E-state index contributed by atoms with van der Waals surface area (Å²) in [7, 11) is -6.80. The maximum absolute atomic E-state index is 14.6. The number of unbranched alkanes of at least 4 members (excludes halogenated alkanes) is 1. The van der Waals surface area contributed by atoms with Gasteiger partial charge in [0.1, 0.15) is 0 Å². The van der Waals surface area contributed by atoms with Crippen LogP contribution in [0, 0.1) is 5.92 Å². The van der Waals surface area contributed by atoms with Gasteiger partial charge in [0, 0.05) is 27.1 Å². The molecule has 4 rings (SSSR count). The van der Waals surface area contributed by atoms with Crippen LogP contribution in [-0.2, 0) is 18.2 Å². The van der Waals surface area contributed by atoms with Crippen LogP contribution < -0.4 is 21.2 Å². The Bertz CT molecular complexity index is 1190. The molecule has 2 atom stereocenters. The average Bonchev–Trinajstić information content (AvgIpc) is 2.99. The fraction of sp³-hybridized carbons (Fsp3) is 0.273. The molecule has 0 spiro atoms. The van der Waals surface area contributed by atoms with Crippen LogP contribution in [0.15, 0.2) is 121 Å². The summed E-state index contributed by atoms with van der Waals surface area (Å²) >= 11 is 0. The zero-order chi connectivity index (χ0) is 27.7. The Morgan fingerprint density at radius 2 is 0.821 bits per heavy atom. The standard InChI is InChI=1S/C33H38O4P2/c1-4-5-26-33(27(2)36-38(34,29-18-10-6-11-19-29)30-20-12-7-13-21-30)28(3)37-39(35,31-22-14-8-15-23-31)32-24-16-9-17-25-32/h6-25,27-28,33H,4-5,26H2,1-3H3. The van der Waals surface area contributed by atoms with E-state index in [9.17, 15) is 9.13 Å². The molecule has 4 aromatic rings. The highest BCUT2D eigenvalue weighted by Gasteiger charge is 2.38. The lowest BCUT2D eigenvalue weighted by atomic mass is 9.92. The zero-order valence-electron chi connectivity index (χ0n) is 22.9. The van der Waals surface area contributed by atoms with Crippen LogP contribution in [0.25, 0.3) is 0 Å². The summed E-state index contributed by atoms with van der Waals surface area (Å²) < 4.78 is 42.5. The highest BCUT2D eigenvalue weighted by atomic mass is 31.2. The molecule has 0 aliphatic rings. The highest BCUT2D eigenvalue weighted by molar-refractivity contribution is 7.74. The predicted molar refractivity (Wildman–Crippen MR) is 164 cm³/mol. The van der Waals surface area contributed by atoms with Crippen molar-refractivity contribution in [3.05, 3.63) is 121 Å². The van der Waals surface area contributed by atoms with Gasteiger partial charge in [-0.15, -0.1) is 0 Å². The van der Waals surface area contributed by atoms with Gasteiger partial charge < -0.3 is 9.05 Å². The van der Waals surface area contributed by atoms with Crippen LogP contribution in [0.4, 0.5) is 0 Å². The minimum atomic E-state index is -3.40. The van der Waals surface area contributed by atoms with Gasteiger partial charge in [0.25, 0.3) is 14.7 Å². The van der Waals surface area contributed by atoms with Gasteiger partial charge in [0.05, 0.1) is 12.2 Å². The summed E-state index contributed by atoms with van der Waals surface area (Å²) in [4.78, 5) is 0. The van der Waals surface area contributed by atoms with E-state index in [2.05, 4.69) is 6.92 Å². The Hall–Kier alpha value is -2.74. The molecule has 0 fully saturated rings. The second-order valence-corrected chi connectivity index (χ2v) is 14.6. The van der Waals surface area contributed by atoms with Crippen LogP contribution in [0.5, 0.6) is 0 Å². The van der Waals surface area contributed by atoms with Crippen molar-refractivity contribution in [2.45, 2.75) is 52.2 Å². The molecule has 0 saturated carbocycles. The van der Waals surface area contributed by atoms with Gasteiger partial charge in [-0.25, -0.2) is 0 Å². The Kier molecular flexibility index (Phi) is 10.2. The molecular formula is C33H38O4P2. The molecule has 39 heavy (non-hydrogen) atoms. The van der Waals surface area contributed by atoms with Gasteiger partial charge in [0.15, 0.2) is 0 Å². The minimum absolute atomic E-state index is 0.133. The van der Waals surface area contributed by atoms with Crippen molar-refractivity contribution in [3.63, 3.8) is 0 Å². The second kappa shape index (κ2) is 13.6. The molecule has 204 valence electrons. The van der Waals surface area contributed by atoms with E-state index < -0.39 is 26.9 Å². The van der Waals surface area contributed by atoms with Gasteiger partial charge >= 0.3 is 0 Å². The van der Waals surface area contributed by atoms with Gasteiger partial charge in [-0.3, -0.25) is 9.13 Å². The van der Waals surface area contributed by atoms with Crippen LogP contribution in [0.2, 0.25) is 0 Å². The van der Waals surface area contributed by atoms with Gasteiger partial charge in [-0.2, -0.15) is 0 Å². The van der Waals surface area contributed by atoms with Crippen LogP contribution in [0.1, 0.15) is 40.0 Å². The van der Waals surface area contributed by atoms with Crippen molar-refractivity contribution in [1.82, 2.24) is 0 Å². The Morgan fingerprint density at radius 3 is 1.08 bits per heavy atom. The summed E-state index contributed by atoms with van der Waals surface area (Å²) in [5.74, 6) is -0.133. The van der Waals surface area contributed by atoms with Crippen molar-refractivity contribution in [3.8, 4) is 0 Å². The van der Waals surface area contributed by atoms with Crippen LogP contribution in [-0.4, -0.2) is 12.2 Å². The van der Waals surface area contributed by atoms with E-state index in [-0.39, 0.29) is 5.92 Å². The largest absolute Gasteiger partial charge is 0.319 e. The first kappa shape index (κ1) is 29.2. The molecule has 0 aromatic heterocycles. The monoisotopic (exact) mass is 560 g/mol. The molecule has 6 heteroatoms. The minimum Gasteiger partial charge on any atom is -0.319 e. The zero-order valence-corrected chi connectivity index (χ0v) is 24.7.